The minimum absolute atomic E-state index is 0.600. The molecule has 0 spiro atoms. The molecule has 24 heavy (non-hydrogen) atoms. The SMILES string of the molecule is CCOc1ccc(NC(=NC)NCCCn2cccn2)cc1OC. The summed E-state index contributed by atoms with van der Waals surface area (Å²) in [5, 5.41) is 10.7. The number of rotatable bonds is 8. The van der Waals surface area contributed by atoms with Gasteiger partial charge in [0.2, 0.25) is 0 Å². The molecule has 0 unspecified atom stereocenters. The van der Waals surface area contributed by atoms with Gasteiger partial charge in [-0.2, -0.15) is 5.10 Å². The summed E-state index contributed by atoms with van der Waals surface area (Å²) in [7, 11) is 3.37. The molecule has 7 heteroatoms. The molecule has 0 saturated heterocycles. The van der Waals surface area contributed by atoms with Gasteiger partial charge >= 0.3 is 0 Å². The molecule has 2 rings (SSSR count). The van der Waals surface area contributed by atoms with E-state index >= 15 is 0 Å². The van der Waals surface area contributed by atoms with Crippen LogP contribution in [0.3, 0.4) is 0 Å². The van der Waals surface area contributed by atoms with Crippen LogP contribution in [0.1, 0.15) is 13.3 Å². The van der Waals surface area contributed by atoms with E-state index in [1.807, 2.05) is 42.1 Å². The Balaban J connectivity index is 1.85. The first-order chi connectivity index (χ1) is 11.8. The highest BCUT2D eigenvalue weighted by Gasteiger charge is 2.06. The lowest BCUT2D eigenvalue weighted by Gasteiger charge is -2.14. The summed E-state index contributed by atoms with van der Waals surface area (Å²) in [6, 6.07) is 7.63. The van der Waals surface area contributed by atoms with E-state index in [2.05, 4.69) is 20.7 Å². The highest BCUT2D eigenvalue weighted by molar-refractivity contribution is 5.93. The molecule has 7 nitrogen and oxygen atoms in total. The Morgan fingerprint density at radius 2 is 2.21 bits per heavy atom. The first kappa shape index (κ1) is 17.7. The number of hydrogen-bond acceptors (Lipinski definition) is 4. The van der Waals surface area contributed by atoms with Gasteiger partial charge in [-0.25, -0.2) is 0 Å². The van der Waals surface area contributed by atoms with Crippen LogP contribution in [0.2, 0.25) is 0 Å². The fraction of sp³-hybridized carbons (Fsp3) is 0.412. The summed E-state index contributed by atoms with van der Waals surface area (Å²) in [4.78, 5) is 4.23. The second kappa shape index (κ2) is 9.44. The van der Waals surface area contributed by atoms with Gasteiger partial charge in [0.05, 0.1) is 13.7 Å². The summed E-state index contributed by atoms with van der Waals surface area (Å²) in [5.41, 5.74) is 0.885. The summed E-state index contributed by atoms with van der Waals surface area (Å²) in [6.07, 6.45) is 4.70. The van der Waals surface area contributed by atoms with Crippen LogP contribution in [0, 0.1) is 0 Å². The third-order valence-corrected chi connectivity index (χ3v) is 3.37. The largest absolute Gasteiger partial charge is 0.493 e. The molecule has 0 aliphatic heterocycles. The number of guanidine groups is 1. The number of methoxy groups -OCH3 is 1. The van der Waals surface area contributed by atoms with Crippen LogP contribution in [0.4, 0.5) is 5.69 Å². The van der Waals surface area contributed by atoms with Crippen LogP contribution in [0.25, 0.3) is 0 Å². The normalized spacial score (nSPS) is 11.2. The lowest BCUT2D eigenvalue weighted by Crippen LogP contribution is -2.31. The molecule has 0 radical (unpaired) electrons. The minimum Gasteiger partial charge on any atom is -0.493 e. The third-order valence-electron chi connectivity index (χ3n) is 3.37. The Kier molecular flexibility index (Phi) is 6.94. The van der Waals surface area contributed by atoms with Crippen LogP contribution < -0.4 is 20.1 Å². The average Bonchev–Trinajstić information content (AvgIpc) is 3.12. The van der Waals surface area contributed by atoms with E-state index in [0.717, 1.165) is 30.9 Å². The van der Waals surface area contributed by atoms with E-state index in [-0.39, 0.29) is 0 Å². The Hall–Kier alpha value is -2.70. The molecular formula is C17H25N5O2. The molecule has 1 aromatic heterocycles. The molecule has 0 amide bonds. The van der Waals surface area contributed by atoms with Crippen molar-refractivity contribution in [1.82, 2.24) is 15.1 Å². The molecule has 0 atom stereocenters. The van der Waals surface area contributed by atoms with Gasteiger partial charge in [0.15, 0.2) is 17.5 Å². The minimum atomic E-state index is 0.600. The monoisotopic (exact) mass is 331 g/mol. The number of aliphatic imine (C=N–C) groups is 1. The smallest absolute Gasteiger partial charge is 0.195 e. The predicted octanol–water partition coefficient (Wildman–Crippen LogP) is 2.37. The van der Waals surface area contributed by atoms with Gasteiger partial charge in [0, 0.05) is 44.3 Å². The molecule has 0 aliphatic carbocycles. The summed E-state index contributed by atoms with van der Waals surface area (Å²) in [5.74, 6) is 2.13. The van der Waals surface area contributed by atoms with Gasteiger partial charge in [0.1, 0.15) is 0 Å². The molecule has 130 valence electrons. The number of aryl methyl sites for hydroxylation is 1. The van der Waals surface area contributed by atoms with Crippen LogP contribution >= 0.6 is 0 Å². The number of aromatic nitrogens is 2. The lowest BCUT2D eigenvalue weighted by molar-refractivity contribution is 0.311. The molecule has 0 saturated carbocycles. The first-order valence-corrected chi connectivity index (χ1v) is 8.02. The second-order valence-electron chi connectivity index (χ2n) is 5.05. The van der Waals surface area contributed by atoms with Crippen molar-refractivity contribution >= 4 is 11.6 Å². The van der Waals surface area contributed by atoms with Gasteiger partial charge in [-0.3, -0.25) is 9.67 Å². The van der Waals surface area contributed by atoms with E-state index < -0.39 is 0 Å². The Labute approximate surface area is 142 Å². The van der Waals surface area contributed by atoms with Crippen molar-refractivity contribution in [1.29, 1.82) is 0 Å². The fourth-order valence-electron chi connectivity index (χ4n) is 2.22. The molecule has 0 fully saturated rings. The topological polar surface area (TPSA) is 72.7 Å². The fourth-order valence-corrected chi connectivity index (χ4v) is 2.22. The van der Waals surface area contributed by atoms with Crippen molar-refractivity contribution in [3.8, 4) is 11.5 Å². The zero-order chi connectivity index (χ0) is 17.2. The molecule has 1 heterocycles. The van der Waals surface area contributed by atoms with E-state index in [1.54, 1.807) is 20.4 Å². The Bertz CT molecular complexity index is 640. The molecular weight excluding hydrogens is 306 g/mol. The van der Waals surface area contributed by atoms with Gasteiger partial charge in [-0.15, -0.1) is 0 Å². The third kappa shape index (κ3) is 5.19. The van der Waals surface area contributed by atoms with Crippen molar-refractivity contribution in [3.63, 3.8) is 0 Å². The van der Waals surface area contributed by atoms with Crippen LogP contribution in [0.15, 0.2) is 41.7 Å². The summed E-state index contributed by atoms with van der Waals surface area (Å²) >= 11 is 0. The maximum absolute atomic E-state index is 5.52. The van der Waals surface area contributed by atoms with Crippen LogP contribution in [-0.4, -0.2) is 43.0 Å². The molecule has 2 aromatic rings. The van der Waals surface area contributed by atoms with E-state index in [0.29, 0.717) is 18.3 Å². The molecule has 0 bridgehead atoms. The van der Waals surface area contributed by atoms with E-state index in [1.165, 1.54) is 0 Å². The lowest BCUT2D eigenvalue weighted by atomic mass is 10.2. The van der Waals surface area contributed by atoms with Crippen molar-refractivity contribution in [3.05, 3.63) is 36.7 Å². The average molecular weight is 331 g/mol. The Morgan fingerprint density at radius 1 is 1.33 bits per heavy atom. The summed E-state index contributed by atoms with van der Waals surface area (Å²) < 4.78 is 12.8. The maximum atomic E-state index is 5.52. The number of hydrogen-bond donors (Lipinski definition) is 2. The highest BCUT2D eigenvalue weighted by Crippen LogP contribution is 2.30. The molecule has 2 N–H and O–H groups in total. The Morgan fingerprint density at radius 3 is 2.88 bits per heavy atom. The van der Waals surface area contributed by atoms with Crippen molar-refractivity contribution in [2.24, 2.45) is 4.99 Å². The number of ether oxygens (including phenoxy) is 2. The van der Waals surface area contributed by atoms with Gasteiger partial charge < -0.3 is 20.1 Å². The van der Waals surface area contributed by atoms with Crippen molar-refractivity contribution in [2.75, 3.05) is 32.6 Å². The number of nitrogens with one attached hydrogen (secondary N) is 2. The second-order valence-corrected chi connectivity index (χ2v) is 5.05. The predicted molar refractivity (Wildman–Crippen MR) is 96.0 cm³/mol. The van der Waals surface area contributed by atoms with Gasteiger partial charge in [-0.05, 0) is 31.5 Å². The quantitative estimate of drug-likeness (QED) is 0.441. The van der Waals surface area contributed by atoms with Crippen molar-refractivity contribution in [2.45, 2.75) is 19.9 Å². The maximum Gasteiger partial charge on any atom is 0.195 e. The first-order valence-electron chi connectivity index (χ1n) is 8.02. The van der Waals surface area contributed by atoms with E-state index in [4.69, 9.17) is 9.47 Å². The number of nitrogens with zero attached hydrogens (tertiary/aromatic N) is 3. The molecule has 0 aliphatic rings. The van der Waals surface area contributed by atoms with Crippen molar-refractivity contribution < 1.29 is 9.47 Å². The van der Waals surface area contributed by atoms with Gasteiger partial charge in [-0.1, -0.05) is 0 Å². The highest BCUT2D eigenvalue weighted by atomic mass is 16.5. The zero-order valence-corrected chi connectivity index (χ0v) is 14.5. The standard InChI is InChI=1S/C17H25N5O2/c1-4-24-15-8-7-14(13-16(15)23-3)21-17(18-2)19-9-5-11-22-12-6-10-20-22/h6-8,10,12-13H,4-5,9,11H2,1-3H3,(H2,18,19,21). The number of anilines is 1. The number of benzene rings is 1. The molecule has 1 aromatic carbocycles. The van der Waals surface area contributed by atoms with Gasteiger partial charge in [0.25, 0.3) is 0 Å². The van der Waals surface area contributed by atoms with E-state index in [9.17, 15) is 0 Å². The van der Waals surface area contributed by atoms with Crippen LogP contribution in [0.5, 0.6) is 11.5 Å². The summed E-state index contributed by atoms with van der Waals surface area (Å²) in [6.45, 7) is 4.21. The zero-order valence-electron chi connectivity index (χ0n) is 14.5. The van der Waals surface area contributed by atoms with Crippen LogP contribution in [-0.2, 0) is 6.54 Å².